The Bertz CT molecular complexity index is 959. The van der Waals surface area contributed by atoms with Gasteiger partial charge in [0.15, 0.2) is 5.69 Å². The normalized spacial score (nSPS) is 11.2. The summed E-state index contributed by atoms with van der Waals surface area (Å²) in [6.07, 6.45) is 0. The van der Waals surface area contributed by atoms with Crippen LogP contribution in [0.4, 0.5) is 0 Å². The molecule has 0 aliphatic rings. The number of carbonyl (C=O) groups is 1. The molecule has 0 saturated carbocycles. The molecule has 1 heterocycles. The summed E-state index contributed by atoms with van der Waals surface area (Å²) >= 11 is 1.30. The molecule has 0 fully saturated rings. The monoisotopic (exact) mass is 397 g/mol. The quantitative estimate of drug-likeness (QED) is 0.551. The number of hydrogen-bond acceptors (Lipinski definition) is 5. The predicted molar refractivity (Wildman–Crippen MR) is 111 cm³/mol. The lowest BCUT2D eigenvalue weighted by Crippen LogP contribution is -2.15. The van der Waals surface area contributed by atoms with Gasteiger partial charge in [0.2, 0.25) is 0 Å². The number of aromatic carboxylic acids is 1. The Morgan fingerprint density at radius 2 is 1.82 bits per heavy atom. The summed E-state index contributed by atoms with van der Waals surface area (Å²) in [5, 5.41) is 11.2. The molecule has 3 rings (SSSR count). The van der Waals surface area contributed by atoms with Crippen LogP contribution in [0.3, 0.4) is 0 Å². The average molecular weight is 397 g/mol. The minimum atomic E-state index is -1.03. The number of benzene rings is 2. The molecule has 0 saturated heterocycles. The minimum absolute atomic E-state index is 0.00823. The zero-order valence-electron chi connectivity index (χ0n) is 16.1. The molecule has 0 radical (unpaired) electrons. The van der Waals surface area contributed by atoms with Gasteiger partial charge in [0.1, 0.15) is 29.7 Å². The first-order valence-corrected chi connectivity index (χ1v) is 9.87. The van der Waals surface area contributed by atoms with Gasteiger partial charge < -0.3 is 14.6 Å². The van der Waals surface area contributed by atoms with Crippen molar-refractivity contribution in [2.75, 3.05) is 13.2 Å². The highest BCUT2D eigenvalue weighted by atomic mass is 32.1. The molecule has 28 heavy (non-hydrogen) atoms. The maximum atomic E-state index is 11.0. The van der Waals surface area contributed by atoms with E-state index in [0.717, 1.165) is 16.9 Å². The van der Waals surface area contributed by atoms with Gasteiger partial charge in [-0.1, -0.05) is 51.1 Å². The highest BCUT2D eigenvalue weighted by Gasteiger charge is 2.18. The van der Waals surface area contributed by atoms with Gasteiger partial charge in [-0.2, -0.15) is 0 Å². The number of carboxylic acids is 1. The Labute approximate surface area is 168 Å². The van der Waals surface area contributed by atoms with E-state index >= 15 is 0 Å². The highest BCUT2D eigenvalue weighted by molar-refractivity contribution is 7.13. The molecule has 146 valence electrons. The third-order valence-electron chi connectivity index (χ3n) is 4.11. The topological polar surface area (TPSA) is 68.7 Å². The van der Waals surface area contributed by atoms with Gasteiger partial charge in [-0.05, 0) is 29.2 Å². The van der Waals surface area contributed by atoms with Crippen molar-refractivity contribution in [3.05, 3.63) is 65.2 Å². The van der Waals surface area contributed by atoms with Crippen LogP contribution < -0.4 is 9.47 Å². The lowest BCUT2D eigenvalue weighted by atomic mass is 9.86. The van der Waals surface area contributed by atoms with Crippen LogP contribution in [0.15, 0.2) is 53.9 Å². The van der Waals surface area contributed by atoms with E-state index in [9.17, 15) is 4.79 Å². The van der Waals surface area contributed by atoms with Gasteiger partial charge >= 0.3 is 5.97 Å². The third kappa shape index (κ3) is 4.89. The van der Waals surface area contributed by atoms with Gasteiger partial charge in [-0.25, -0.2) is 9.78 Å². The van der Waals surface area contributed by atoms with E-state index in [-0.39, 0.29) is 11.1 Å². The summed E-state index contributed by atoms with van der Waals surface area (Å²) < 4.78 is 11.7. The first-order chi connectivity index (χ1) is 13.3. The number of ether oxygens (including phenoxy) is 2. The smallest absolute Gasteiger partial charge is 0.355 e. The SMILES string of the molecule is CC(C)(C)c1ccccc1OCCOc1cccc(-c2nc(C(=O)O)cs2)c1. The first-order valence-electron chi connectivity index (χ1n) is 8.99. The molecule has 1 N–H and O–H groups in total. The number of para-hydroxylation sites is 1. The van der Waals surface area contributed by atoms with Crippen LogP contribution in [0.25, 0.3) is 10.6 Å². The van der Waals surface area contributed by atoms with Crippen LogP contribution in [-0.2, 0) is 5.41 Å². The van der Waals surface area contributed by atoms with Crippen LogP contribution in [0.1, 0.15) is 36.8 Å². The largest absolute Gasteiger partial charge is 0.490 e. The molecular formula is C22H23NO4S. The van der Waals surface area contributed by atoms with Crippen LogP contribution >= 0.6 is 11.3 Å². The molecule has 6 heteroatoms. The molecule has 0 bridgehead atoms. The standard InChI is InChI=1S/C22H23NO4S/c1-22(2,3)17-9-4-5-10-19(17)27-12-11-26-16-8-6-7-15(13-16)20-23-18(14-28-20)21(24)25/h4-10,13-14H,11-12H2,1-3H3,(H,24,25). The van der Waals surface area contributed by atoms with Crippen molar-refractivity contribution >= 4 is 17.3 Å². The summed E-state index contributed by atoms with van der Waals surface area (Å²) in [6, 6.07) is 15.5. The van der Waals surface area contributed by atoms with E-state index in [4.69, 9.17) is 14.6 Å². The van der Waals surface area contributed by atoms with E-state index in [2.05, 4.69) is 31.8 Å². The zero-order chi connectivity index (χ0) is 20.1. The number of nitrogens with zero attached hydrogens (tertiary/aromatic N) is 1. The van der Waals surface area contributed by atoms with Crippen molar-refractivity contribution in [1.29, 1.82) is 0 Å². The van der Waals surface area contributed by atoms with Gasteiger partial charge in [0.05, 0.1) is 0 Å². The van der Waals surface area contributed by atoms with E-state index in [1.54, 1.807) is 0 Å². The fraction of sp³-hybridized carbons (Fsp3) is 0.273. The average Bonchev–Trinajstić information content (AvgIpc) is 3.16. The van der Waals surface area contributed by atoms with E-state index in [1.807, 2.05) is 42.5 Å². The minimum Gasteiger partial charge on any atom is -0.490 e. The lowest BCUT2D eigenvalue weighted by Gasteiger charge is -2.22. The molecule has 5 nitrogen and oxygen atoms in total. The Morgan fingerprint density at radius 3 is 2.54 bits per heavy atom. The summed E-state index contributed by atoms with van der Waals surface area (Å²) in [7, 11) is 0. The summed E-state index contributed by atoms with van der Waals surface area (Å²) in [4.78, 5) is 15.1. The maximum absolute atomic E-state index is 11.0. The number of carboxylic acid groups (broad SMARTS) is 1. The van der Waals surface area contributed by atoms with Crippen LogP contribution in [0.2, 0.25) is 0 Å². The van der Waals surface area contributed by atoms with Crippen LogP contribution in [0, 0.1) is 0 Å². The molecular weight excluding hydrogens is 374 g/mol. The van der Waals surface area contributed by atoms with E-state index in [0.29, 0.717) is 24.0 Å². The molecule has 0 atom stereocenters. The van der Waals surface area contributed by atoms with Gasteiger partial charge in [-0.3, -0.25) is 0 Å². The van der Waals surface area contributed by atoms with Gasteiger partial charge in [0.25, 0.3) is 0 Å². The molecule has 0 unspecified atom stereocenters. The summed E-state index contributed by atoms with van der Waals surface area (Å²) in [5.41, 5.74) is 2.05. The second-order valence-corrected chi connectivity index (χ2v) is 8.17. The summed E-state index contributed by atoms with van der Waals surface area (Å²) in [6.45, 7) is 7.31. The molecule has 0 aliphatic heterocycles. The number of aromatic nitrogens is 1. The maximum Gasteiger partial charge on any atom is 0.355 e. The predicted octanol–water partition coefficient (Wildman–Crippen LogP) is 5.26. The van der Waals surface area contributed by atoms with Crippen LogP contribution in [-0.4, -0.2) is 29.3 Å². The number of hydrogen-bond donors (Lipinski definition) is 1. The van der Waals surface area contributed by atoms with Crippen molar-refractivity contribution in [2.24, 2.45) is 0 Å². The van der Waals surface area contributed by atoms with Crippen molar-refractivity contribution in [3.63, 3.8) is 0 Å². The van der Waals surface area contributed by atoms with Crippen molar-refractivity contribution in [2.45, 2.75) is 26.2 Å². The van der Waals surface area contributed by atoms with Crippen molar-refractivity contribution in [3.8, 4) is 22.1 Å². The van der Waals surface area contributed by atoms with Crippen molar-refractivity contribution < 1.29 is 19.4 Å². The molecule has 0 aliphatic carbocycles. The number of rotatable bonds is 7. The number of thiazole rings is 1. The Kier molecular flexibility index (Phi) is 5.99. The molecule has 0 spiro atoms. The summed E-state index contributed by atoms with van der Waals surface area (Å²) in [5.74, 6) is 0.538. The van der Waals surface area contributed by atoms with Crippen LogP contribution in [0.5, 0.6) is 11.5 Å². The molecule has 1 aromatic heterocycles. The zero-order valence-corrected chi connectivity index (χ0v) is 17.0. The highest BCUT2D eigenvalue weighted by Crippen LogP contribution is 2.31. The first kappa shape index (κ1) is 19.9. The third-order valence-corrected chi connectivity index (χ3v) is 5.00. The second-order valence-electron chi connectivity index (χ2n) is 7.31. The van der Waals surface area contributed by atoms with Gasteiger partial charge in [-0.15, -0.1) is 11.3 Å². The molecule has 0 amide bonds. The fourth-order valence-corrected chi connectivity index (χ4v) is 3.54. The van der Waals surface area contributed by atoms with E-state index in [1.165, 1.54) is 16.7 Å². The Morgan fingerprint density at radius 1 is 1.07 bits per heavy atom. The molecule has 3 aromatic rings. The van der Waals surface area contributed by atoms with Gasteiger partial charge in [0, 0.05) is 10.9 Å². The lowest BCUT2D eigenvalue weighted by molar-refractivity contribution is 0.0691. The Hall–Kier alpha value is -2.86. The van der Waals surface area contributed by atoms with E-state index < -0.39 is 5.97 Å². The fourth-order valence-electron chi connectivity index (χ4n) is 2.75. The second kappa shape index (κ2) is 8.44. The van der Waals surface area contributed by atoms with Crippen molar-refractivity contribution in [1.82, 2.24) is 4.98 Å². The Balaban J connectivity index is 1.60. The molecule has 2 aromatic carbocycles.